The number of unbranched alkanes of at least 4 members (excludes halogenated alkanes) is 1. The molecule has 0 spiro atoms. The Morgan fingerprint density at radius 2 is 2.00 bits per heavy atom. The van der Waals surface area contributed by atoms with Gasteiger partial charge in [0.25, 0.3) is 0 Å². The van der Waals surface area contributed by atoms with Crippen LogP contribution in [0.15, 0.2) is 55.8 Å². The third-order valence-corrected chi connectivity index (χ3v) is 5.37. The molecule has 5 heteroatoms. The fourth-order valence-corrected chi connectivity index (χ4v) is 3.43. The smallest absolute Gasteiger partial charge is 0.0574 e. The summed E-state index contributed by atoms with van der Waals surface area (Å²) in [5.74, 6) is 2.45. The summed E-state index contributed by atoms with van der Waals surface area (Å²) in [6, 6.07) is 6.40. The summed E-state index contributed by atoms with van der Waals surface area (Å²) < 4.78 is 0. The van der Waals surface area contributed by atoms with Crippen molar-refractivity contribution >= 4 is 23.7 Å². The largest absolute Gasteiger partial charge is 0.390 e. The second kappa shape index (κ2) is 15.6. The first kappa shape index (κ1) is 26.8. The van der Waals surface area contributed by atoms with Crippen molar-refractivity contribution in [2.24, 2.45) is 0 Å². The molecule has 172 valence electrons. The van der Waals surface area contributed by atoms with Crippen LogP contribution in [-0.4, -0.2) is 50.9 Å². The fourth-order valence-electron chi connectivity index (χ4n) is 3.43. The molecule has 1 atom stereocenters. The highest BCUT2D eigenvalue weighted by Gasteiger charge is 2.18. The quantitative estimate of drug-likeness (QED) is 0.124. The van der Waals surface area contributed by atoms with Gasteiger partial charge in [0.05, 0.1) is 5.57 Å². The summed E-state index contributed by atoms with van der Waals surface area (Å²) in [5.41, 5.74) is 4.64. The molecular weight excluding hydrogens is 394 g/mol. The van der Waals surface area contributed by atoms with Gasteiger partial charge in [0, 0.05) is 55.5 Å². The number of likely N-dealkylation sites (N-methyl/N-ethyl adjacent to an activating group) is 1. The van der Waals surface area contributed by atoms with Gasteiger partial charge in [-0.15, -0.1) is 13.0 Å². The average molecular weight is 434 g/mol. The number of benzene rings is 1. The van der Waals surface area contributed by atoms with E-state index in [1.54, 1.807) is 6.20 Å². The standard InChI is InChI=1S/C27H39N5/c1-7-23(20-28)21-30-18-13-19-31-26-16-12-14-24(8-2)27(26)22(4)32(6)25(9-3)15-10-11-17-29-5/h1,8-9,12,14,16,20-21,25,28-31H,2-4,10-11,13,15,17-19H2,5-6H3/b23-21-,28-20?. The van der Waals surface area contributed by atoms with Crippen molar-refractivity contribution in [3.8, 4) is 12.3 Å². The monoisotopic (exact) mass is 433 g/mol. The molecule has 0 bridgehead atoms. The lowest BCUT2D eigenvalue weighted by molar-refractivity contribution is 0.375. The Bertz CT molecular complexity index is 831. The van der Waals surface area contributed by atoms with E-state index in [4.69, 9.17) is 11.8 Å². The number of anilines is 1. The van der Waals surface area contributed by atoms with Gasteiger partial charge in [0.15, 0.2) is 0 Å². The molecule has 0 amide bonds. The first-order chi connectivity index (χ1) is 15.5. The number of allylic oxidation sites excluding steroid dienone is 1. The van der Waals surface area contributed by atoms with Crippen LogP contribution in [0.5, 0.6) is 0 Å². The number of rotatable bonds is 17. The van der Waals surface area contributed by atoms with E-state index in [-0.39, 0.29) is 6.04 Å². The summed E-state index contributed by atoms with van der Waals surface area (Å²) in [7, 11) is 4.07. The number of hydrogen-bond acceptors (Lipinski definition) is 5. The highest BCUT2D eigenvalue weighted by molar-refractivity contribution is 5.82. The maximum atomic E-state index is 7.21. The molecule has 1 aromatic carbocycles. The van der Waals surface area contributed by atoms with Gasteiger partial charge in [0.1, 0.15) is 0 Å². The van der Waals surface area contributed by atoms with Crippen molar-refractivity contribution in [1.29, 1.82) is 5.41 Å². The van der Waals surface area contributed by atoms with Gasteiger partial charge < -0.3 is 26.3 Å². The Balaban J connectivity index is 2.84. The summed E-state index contributed by atoms with van der Waals surface area (Å²) in [6.45, 7) is 15.0. The number of hydrogen-bond donors (Lipinski definition) is 4. The molecule has 5 nitrogen and oxygen atoms in total. The fraction of sp³-hybridized carbons (Fsp3) is 0.370. The summed E-state index contributed by atoms with van der Waals surface area (Å²) in [5, 5.41) is 17.1. The van der Waals surface area contributed by atoms with Crippen molar-refractivity contribution in [2.45, 2.75) is 31.7 Å². The summed E-state index contributed by atoms with van der Waals surface area (Å²) in [4.78, 5) is 2.21. The van der Waals surface area contributed by atoms with Crippen LogP contribution in [0, 0.1) is 17.8 Å². The second-order valence-corrected chi connectivity index (χ2v) is 7.56. The number of terminal acetylenes is 1. The van der Waals surface area contributed by atoms with E-state index < -0.39 is 0 Å². The van der Waals surface area contributed by atoms with E-state index in [0.29, 0.717) is 5.57 Å². The number of nitrogens with one attached hydrogen (secondary N) is 4. The topological polar surface area (TPSA) is 63.2 Å². The van der Waals surface area contributed by atoms with Crippen LogP contribution >= 0.6 is 0 Å². The Hall–Kier alpha value is -3.23. The van der Waals surface area contributed by atoms with E-state index in [2.05, 4.69) is 65.7 Å². The molecule has 0 aliphatic carbocycles. The lowest BCUT2D eigenvalue weighted by Crippen LogP contribution is -2.29. The van der Waals surface area contributed by atoms with Gasteiger partial charge in [-0.3, -0.25) is 0 Å². The van der Waals surface area contributed by atoms with Crippen LogP contribution in [0.25, 0.3) is 11.8 Å². The Morgan fingerprint density at radius 3 is 2.62 bits per heavy atom. The lowest BCUT2D eigenvalue weighted by Gasteiger charge is -2.31. The maximum absolute atomic E-state index is 7.21. The molecule has 0 aromatic heterocycles. The molecule has 1 unspecified atom stereocenters. The van der Waals surface area contributed by atoms with Crippen LogP contribution < -0.4 is 16.0 Å². The molecule has 0 radical (unpaired) electrons. The molecule has 0 aliphatic heterocycles. The zero-order valence-corrected chi connectivity index (χ0v) is 19.7. The third-order valence-electron chi connectivity index (χ3n) is 5.37. The van der Waals surface area contributed by atoms with E-state index in [9.17, 15) is 0 Å². The van der Waals surface area contributed by atoms with Crippen LogP contribution in [0.4, 0.5) is 5.69 Å². The van der Waals surface area contributed by atoms with E-state index >= 15 is 0 Å². The van der Waals surface area contributed by atoms with Crippen LogP contribution in [-0.2, 0) is 0 Å². The lowest BCUT2D eigenvalue weighted by atomic mass is 9.99. The zero-order chi connectivity index (χ0) is 23.8. The van der Waals surface area contributed by atoms with Gasteiger partial charge in [0.2, 0.25) is 0 Å². The van der Waals surface area contributed by atoms with Gasteiger partial charge in [-0.2, -0.15) is 0 Å². The van der Waals surface area contributed by atoms with Gasteiger partial charge in [-0.1, -0.05) is 43.4 Å². The minimum absolute atomic E-state index is 0.222. The molecule has 0 saturated carbocycles. The molecule has 4 N–H and O–H groups in total. The molecule has 0 heterocycles. The Kier molecular flexibility index (Phi) is 13.0. The molecule has 32 heavy (non-hydrogen) atoms. The molecular formula is C27H39N5. The first-order valence-corrected chi connectivity index (χ1v) is 11.1. The van der Waals surface area contributed by atoms with Crippen molar-refractivity contribution in [3.63, 3.8) is 0 Å². The van der Waals surface area contributed by atoms with Crippen molar-refractivity contribution in [2.75, 3.05) is 39.0 Å². The van der Waals surface area contributed by atoms with Gasteiger partial charge >= 0.3 is 0 Å². The van der Waals surface area contributed by atoms with Crippen LogP contribution in [0.1, 0.15) is 36.8 Å². The Labute approximate surface area is 194 Å². The van der Waals surface area contributed by atoms with Crippen molar-refractivity contribution < 1.29 is 0 Å². The Morgan fingerprint density at radius 1 is 1.22 bits per heavy atom. The normalized spacial score (nSPS) is 11.7. The zero-order valence-electron chi connectivity index (χ0n) is 19.7. The SMILES string of the molecule is C#C/C(C=N)=C/NCCCNc1cccc(C=C)c1C(=C)N(C)C(C=C)CCCCNC. The summed E-state index contributed by atoms with van der Waals surface area (Å²) in [6.07, 6.45) is 16.3. The highest BCUT2D eigenvalue weighted by Crippen LogP contribution is 2.31. The minimum atomic E-state index is 0.222. The van der Waals surface area contributed by atoms with Gasteiger partial charge in [-0.25, -0.2) is 0 Å². The van der Waals surface area contributed by atoms with Gasteiger partial charge in [-0.05, 0) is 50.9 Å². The van der Waals surface area contributed by atoms with E-state index in [1.807, 2.05) is 25.3 Å². The number of nitrogens with zero attached hydrogens (tertiary/aromatic N) is 1. The van der Waals surface area contributed by atoms with Crippen molar-refractivity contribution in [3.05, 3.63) is 66.9 Å². The highest BCUT2D eigenvalue weighted by atomic mass is 15.1. The minimum Gasteiger partial charge on any atom is -0.390 e. The maximum Gasteiger partial charge on any atom is 0.0574 e. The average Bonchev–Trinajstić information content (AvgIpc) is 2.82. The van der Waals surface area contributed by atoms with Crippen LogP contribution in [0.3, 0.4) is 0 Å². The van der Waals surface area contributed by atoms with E-state index in [1.165, 1.54) is 0 Å². The molecule has 0 fully saturated rings. The predicted molar refractivity (Wildman–Crippen MR) is 142 cm³/mol. The molecule has 1 rings (SSSR count). The first-order valence-electron chi connectivity index (χ1n) is 11.1. The summed E-state index contributed by atoms with van der Waals surface area (Å²) >= 11 is 0. The van der Waals surface area contributed by atoms with Crippen molar-refractivity contribution in [1.82, 2.24) is 15.5 Å². The third kappa shape index (κ3) is 8.49. The second-order valence-electron chi connectivity index (χ2n) is 7.56. The molecule has 0 aliphatic rings. The predicted octanol–water partition coefficient (Wildman–Crippen LogP) is 4.73. The van der Waals surface area contributed by atoms with E-state index in [0.717, 1.165) is 74.0 Å². The molecule has 0 saturated heterocycles. The molecule has 1 aromatic rings. The van der Waals surface area contributed by atoms with Crippen LogP contribution in [0.2, 0.25) is 0 Å².